The van der Waals surface area contributed by atoms with Crippen molar-refractivity contribution in [1.29, 1.82) is 0 Å². The molecule has 0 spiro atoms. The number of nitrogens with one attached hydrogen (secondary N) is 1. The van der Waals surface area contributed by atoms with Crippen LogP contribution < -0.4 is 20.5 Å². The van der Waals surface area contributed by atoms with Crippen molar-refractivity contribution in [2.75, 3.05) is 20.3 Å². The maximum atomic E-state index is 11.9. The average Bonchev–Trinajstić information content (AvgIpc) is 2.56. The van der Waals surface area contributed by atoms with Crippen molar-refractivity contribution in [2.24, 2.45) is 5.73 Å². The summed E-state index contributed by atoms with van der Waals surface area (Å²) in [4.78, 5) is 22.6. The molecule has 140 valence electrons. The normalized spacial score (nSPS) is 10.4. The summed E-state index contributed by atoms with van der Waals surface area (Å²) in [5, 5.41) is 2.73. The Bertz CT molecular complexity index is 627. The van der Waals surface area contributed by atoms with Gasteiger partial charge < -0.3 is 20.5 Å². The molecule has 25 heavy (non-hydrogen) atoms. The van der Waals surface area contributed by atoms with Crippen LogP contribution in [0.2, 0.25) is 0 Å². The number of carbonyl (C=O) groups excluding carboxylic acids is 2. The number of benzene rings is 1. The molecule has 0 aliphatic rings. The van der Waals surface area contributed by atoms with E-state index < -0.39 is 0 Å². The van der Waals surface area contributed by atoms with Gasteiger partial charge in [0.05, 0.1) is 7.11 Å². The molecule has 0 saturated heterocycles. The molecule has 1 aromatic rings. The third kappa shape index (κ3) is 5.66. The second kappa shape index (κ2) is 9.91. The Hall–Kier alpha value is -2.24. The Morgan fingerprint density at radius 1 is 1.08 bits per heavy atom. The molecular weight excluding hydrogens is 320 g/mol. The van der Waals surface area contributed by atoms with Gasteiger partial charge in [0, 0.05) is 18.5 Å². The van der Waals surface area contributed by atoms with Crippen molar-refractivity contribution < 1.29 is 19.1 Å². The maximum Gasteiger partial charge on any atom is 0.257 e. The van der Waals surface area contributed by atoms with E-state index in [2.05, 4.69) is 12.2 Å². The molecular formula is C19H30N2O4. The van der Waals surface area contributed by atoms with E-state index in [9.17, 15) is 9.59 Å². The number of hydrogen-bond acceptors (Lipinski definition) is 4. The number of carbonyl (C=O) groups is 2. The lowest BCUT2D eigenvalue weighted by atomic mass is 9.94. The molecule has 0 aliphatic carbocycles. The zero-order valence-corrected chi connectivity index (χ0v) is 16.0. The lowest BCUT2D eigenvalue weighted by molar-refractivity contribution is -0.123. The van der Waals surface area contributed by atoms with Crippen molar-refractivity contribution in [2.45, 2.75) is 53.4 Å². The molecule has 0 heterocycles. The molecule has 0 bridgehead atoms. The molecule has 0 saturated carbocycles. The Balaban J connectivity index is 2.81. The summed E-state index contributed by atoms with van der Waals surface area (Å²) in [6, 6.07) is 0. The second-order valence-corrected chi connectivity index (χ2v) is 6.17. The summed E-state index contributed by atoms with van der Waals surface area (Å²) in [6.45, 7) is 8.44. The smallest absolute Gasteiger partial charge is 0.257 e. The van der Waals surface area contributed by atoms with Gasteiger partial charge in [-0.2, -0.15) is 0 Å². The van der Waals surface area contributed by atoms with Crippen LogP contribution in [0.3, 0.4) is 0 Å². The standard InChI is InChI=1S/C19H30N2O4/c1-6-8-15-14(4)18(12(2)13(3)19(15)24-5)25-11-17(23)21-10-7-9-16(20)22/h6-11H2,1-5H3,(H2,20,22)(H,21,23). The second-order valence-electron chi connectivity index (χ2n) is 6.17. The van der Waals surface area contributed by atoms with Crippen LogP contribution in [0.5, 0.6) is 11.5 Å². The van der Waals surface area contributed by atoms with Gasteiger partial charge in [-0.3, -0.25) is 9.59 Å². The lowest BCUT2D eigenvalue weighted by Gasteiger charge is -2.21. The van der Waals surface area contributed by atoms with Crippen LogP contribution in [0.15, 0.2) is 0 Å². The Morgan fingerprint density at radius 3 is 2.28 bits per heavy atom. The van der Waals surface area contributed by atoms with E-state index in [4.69, 9.17) is 15.2 Å². The molecule has 0 radical (unpaired) electrons. The average molecular weight is 350 g/mol. The number of hydrogen-bond donors (Lipinski definition) is 2. The van der Waals surface area contributed by atoms with Gasteiger partial charge in [0.25, 0.3) is 5.91 Å². The minimum absolute atomic E-state index is 0.0599. The van der Waals surface area contributed by atoms with Crippen LogP contribution in [-0.4, -0.2) is 32.1 Å². The van der Waals surface area contributed by atoms with Gasteiger partial charge in [-0.1, -0.05) is 13.3 Å². The Labute approximate surface area is 150 Å². The van der Waals surface area contributed by atoms with Crippen molar-refractivity contribution >= 4 is 11.8 Å². The topological polar surface area (TPSA) is 90.6 Å². The van der Waals surface area contributed by atoms with Gasteiger partial charge in [0.2, 0.25) is 5.91 Å². The summed E-state index contributed by atoms with van der Waals surface area (Å²) < 4.78 is 11.4. The summed E-state index contributed by atoms with van der Waals surface area (Å²) in [5.74, 6) is 1.07. The van der Waals surface area contributed by atoms with Crippen molar-refractivity contribution in [3.8, 4) is 11.5 Å². The highest BCUT2D eigenvalue weighted by molar-refractivity contribution is 5.78. The Kier molecular flexibility index (Phi) is 8.25. The van der Waals surface area contributed by atoms with Crippen LogP contribution in [-0.2, 0) is 16.0 Å². The van der Waals surface area contributed by atoms with E-state index in [-0.39, 0.29) is 24.8 Å². The largest absolute Gasteiger partial charge is 0.496 e. The molecule has 1 aromatic carbocycles. The van der Waals surface area contributed by atoms with Gasteiger partial charge in [-0.25, -0.2) is 0 Å². The SMILES string of the molecule is CCCc1c(C)c(OCC(=O)NCCCC(N)=O)c(C)c(C)c1OC. The summed E-state index contributed by atoms with van der Waals surface area (Å²) >= 11 is 0. The molecule has 0 aromatic heterocycles. The van der Waals surface area contributed by atoms with Gasteiger partial charge in [-0.05, 0) is 50.3 Å². The number of methoxy groups -OCH3 is 1. The number of primary amides is 1. The van der Waals surface area contributed by atoms with Crippen LogP contribution in [0.4, 0.5) is 0 Å². The number of ether oxygens (including phenoxy) is 2. The van der Waals surface area contributed by atoms with E-state index >= 15 is 0 Å². The fourth-order valence-electron chi connectivity index (χ4n) is 2.88. The number of rotatable bonds is 10. The third-order valence-electron chi connectivity index (χ3n) is 4.28. The number of amides is 2. The lowest BCUT2D eigenvalue weighted by Crippen LogP contribution is -2.30. The van der Waals surface area contributed by atoms with Gasteiger partial charge >= 0.3 is 0 Å². The molecule has 0 unspecified atom stereocenters. The quantitative estimate of drug-likeness (QED) is 0.634. The fourth-order valence-corrected chi connectivity index (χ4v) is 2.88. The van der Waals surface area contributed by atoms with Crippen molar-refractivity contribution in [3.05, 3.63) is 22.3 Å². The highest BCUT2D eigenvalue weighted by atomic mass is 16.5. The Morgan fingerprint density at radius 2 is 1.72 bits per heavy atom. The number of nitrogens with two attached hydrogens (primary N) is 1. The van der Waals surface area contributed by atoms with E-state index in [0.29, 0.717) is 13.0 Å². The van der Waals surface area contributed by atoms with Gasteiger partial charge in [0.1, 0.15) is 11.5 Å². The molecule has 2 amide bonds. The highest BCUT2D eigenvalue weighted by Crippen LogP contribution is 2.38. The minimum atomic E-state index is -0.367. The molecule has 0 aliphatic heterocycles. The van der Waals surface area contributed by atoms with Crippen LogP contribution in [0.1, 0.15) is 48.4 Å². The first-order valence-electron chi connectivity index (χ1n) is 8.67. The monoisotopic (exact) mass is 350 g/mol. The first kappa shape index (κ1) is 20.8. The van der Waals surface area contributed by atoms with Crippen LogP contribution in [0.25, 0.3) is 0 Å². The fraction of sp³-hybridized carbons (Fsp3) is 0.579. The third-order valence-corrected chi connectivity index (χ3v) is 4.28. The molecule has 6 nitrogen and oxygen atoms in total. The molecule has 3 N–H and O–H groups in total. The van der Waals surface area contributed by atoms with Crippen LogP contribution in [0, 0.1) is 20.8 Å². The minimum Gasteiger partial charge on any atom is -0.496 e. The van der Waals surface area contributed by atoms with Crippen molar-refractivity contribution in [1.82, 2.24) is 5.32 Å². The molecule has 6 heteroatoms. The molecule has 0 atom stereocenters. The summed E-state index contributed by atoms with van der Waals surface area (Å²) in [5.41, 5.74) is 9.23. The first-order valence-corrected chi connectivity index (χ1v) is 8.67. The van der Waals surface area contributed by atoms with E-state index in [1.54, 1.807) is 7.11 Å². The zero-order chi connectivity index (χ0) is 19.0. The maximum absolute atomic E-state index is 11.9. The van der Waals surface area contributed by atoms with Gasteiger partial charge in [0.15, 0.2) is 6.61 Å². The van der Waals surface area contributed by atoms with E-state index in [1.165, 1.54) is 0 Å². The van der Waals surface area contributed by atoms with Crippen LogP contribution >= 0.6 is 0 Å². The zero-order valence-electron chi connectivity index (χ0n) is 16.0. The van der Waals surface area contributed by atoms with E-state index in [1.807, 2.05) is 20.8 Å². The predicted molar refractivity (Wildman–Crippen MR) is 98.1 cm³/mol. The molecule has 1 rings (SSSR count). The highest BCUT2D eigenvalue weighted by Gasteiger charge is 2.19. The van der Waals surface area contributed by atoms with Gasteiger partial charge in [-0.15, -0.1) is 0 Å². The predicted octanol–water partition coefficient (Wildman–Crippen LogP) is 2.33. The summed E-state index contributed by atoms with van der Waals surface area (Å²) in [7, 11) is 1.68. The molecule has 0 fully saturated rings. The summed E-state index contributed by atoms with van der Waals surface area (Å²) in [6.07, 6.45) is 2.68. The van der Waals surface area contributed by atoms with E-state index in [0.717, 1.165) is 46.6 Å². The van der Waals surface area contributed by atoms with Crippen molar-refractivity contribution in [3.63, 3.8) is 0 Å². The first-order chi connectivity index (χ1) is 11.8.